The molecule has 3 amide bonds. The normalized spacial score (nSPS) is 12.8. The molecular weight excluding hydrogens is 321 g/mol. The van der Waals surface area contributed by atoms with Crippen molar-refractivity contribution < 1.29 is 14.0 Å². The lowest BCUT2D eigenvalue weighted by atomic mass is 9.99. The first-order valence-corrected chi connectivity index (χ1v) is 7.97. The van der Waals surface area contributed by atoms with Gasteiger partial charge in [0.15, 0.2) is 0 Å². The smallest absolute Gasteiger partial charge is 0.316 e. The van der Waals surface area contributed by atoms with Crippen LogP contribution in [0.1, 0.15) is 24.1 Å². The van der Waals surface area contributed by atoms with Crippen molar-refractivity contribution in [3.63, 3.8) is 0 Å². The highest BCUT2D eigenvalue weighted by Crippen LogP contribution is 2.22. The van der Waals surface area contributed by atoms with E-state index >= 15 is 0 Å². The molecule has 0 aliphatic carbocycles. The molecule has 0 radical (unpaired) electrons. The summed E-state index contributed by atoms with van der Waals surface area (Å²) in [6, 6.07) is 13.6. The van der Waals surface area contributed by atoms with Gasteiger partial charge in [0.25, 0.3) is 0 Å². The van der Waals surface area contributed by atoms with Crippen LogP contribution in [0.15, 0.2) is 54.6 Å². The number of rotatable bonds is 5. The minimum Gasteiger partial charge on any atom is -0.347 e. The third-order valence-electron chi connectivity index (χ3n) is 3.75. The van der Waals surface area contributed by atoms with Crippen LogP contribution in [-0.2, 0) is 4.79 Å². The molecule has 0 aliphatic heterocycles. The number of nitrogens with zero attached hydrogens (tertiary/aromatic N) is 1. The summed E-state index contributed by atoms with van der Waals surface area (Å²) in [5.74, 6) is -0.589. The molecule has 0 spiro atoms. The number of urea groups is 1. The van der Waals surface area contributed by atoms with E-state index < -0.39 is 18.1 Å². The molecule has 132 valence electrons. The quantitative estimate of drug-likeness (QED) is 0.877. The number of likely N-dealkylation sites (N-methyl/N-ethyl adjacent to an activating group) is 1. The van der Waals surface area contributed by atoms with E-state index in [1.54, 1.807) is 33.2 Å². The third kappa shape index (κ3) is 5.04. The lowest BCUT2D eigenvalue weighted by molar-refractivity contribution is -0.130. The van der Waals surface area contributed by atoms with Crippen molar-refractivity contribution in [3.05, 3.63) is 71.5 Å². The van der Waals surface area contributed by atoms with Crippen molar-refractivity contribution >= 4 is 11.9 Å². The van der Waals surface area contributed by atoms with Gasteiger partial charge >= 0.3 is 6.03 Å². The van der Waals surface area contributed by atoms with Crippen molar-refractivity contribution in [1.29, 1.82) is 0 Å². The van der Waals surface area contributed by atoms with Gasteiger partial charge in [-0.05, 0) is 30.2 Å². The zero-order valence-corrected chi connectivity index (χ0v) is 14.5. The van der Waals surface area contributed by atoms with Gasteiger partial charge in [0.1, 0.15) is 11.9 Å². The number of carbonyl (C=O) groups is 2. The minimum absolute atomic E-state index is 0.211. The summed E-state index contributed by atoms with van der Waals surface area (Å²) >= 11 is 0. The maximum absolute atomic E-state index is 13.6. The second-order valence-corrected chi connectivity index (χ2v) is 5.97. The molecule has 0 fully saturated rings. The van der Waals surface area contributed by atoms with E-state index in [-0.39, 0.29) is 11.7 Å². The van der Waals surface area contributed by atoms with Gasteiger partial charge in [0.05, 0.1) is 6.04 Å². The Kier molecular flexibility index (Phi) is 6.11. The van der Waals surface area contributed by atoms with Gasteiger partial charge in [-0.15, -0.1) is 0 Å². The van der Waals surface area contributed by atoms with Crippen LogP contribution in [0.4, 0.5) is 9.18 Å². The van der Waals surface area contributed by atoms with Crippen LogP contribution in [0.2, 0.25) is 0 Å². The van der Waals surface area contributed by atoms with Crippen LogP contribution >= 0.6 is 0 Å². The summed E-state index contributed by atoms with van der Waals surface area (Å²) in [6.45, 7) is 1.61. The van der Waals surface area contributed by atoms with Crippen LogP contribution in [0.5, 0.6) is 0 Å². The molecule has 2 atom stereocenters. The molecule has 2 aromatic carbocycles. The van der Waals surface area contributed by atoms with Crippen molar-refractivity contribution in [2.24, 2.45) is 0 Å². The number of amides is 3. The lowest BCUT2D eigenvalue weighted by Gasteiger charge is -2.23. The highest BCUT2D eigenvalue weighted by Gasteiger charge is 2.21. The van der Waals surface area contributed by atoms with E-state index in [1.165, 1.54) is 17.0 Å². The fourth-order valence-electron chi connectivity index (χ4n) is 2.51. The Morgan fingerprint density at radius 3 is 2.20 bits per heavy atom. The molecule has 0 saturated heterocycles. The zero-order valence-electron chi connectivity index (χ0n) is 14.5. The average molecular weight is 343 g/mol. The topological polar surface area (TPSA) is 61.4 Å². The molecular formula is C19H22FN3O2. The highest BCUT2D eigenvalue weighted by atomic mass is 19.1. The molecule has 2 aromatic rings. The molecule has 25 heavy (non-hydrogen) atoms. The van der Waals surface area contributed by atoms with Gasteiger partial charge in [-0.1, -0.05) is 42.5 Å². The summed E-state index contributed by atoms with van der Waals surface area (Å²) in [5.41, 5.74) is 1.43. The van der Waals surface area contributed by atoms with E-state index in [4.69, 9.17) is 0 Å². The molecule has 2 N–H and O–H groups in total. The van der Waals surface area contributed by atoms with Crippen molar-refractivity contribution in [2.45, 2.75) is 19.0 Å². The predicted octanol–water partition coefficient (Wildman–Crippen LogP) is 2.69. The monoisotopic (exact) mass is 343 g/mol. The molecule has 6 heteroatoms. The van der Waals surface area contributed by atoms with Crippen LogP contribution in [0.25, 0.3) is 0 Å². The molecule has 5 nitrogen and oxygen atoms in total. The van der Waals surface area contributed by atoms with Crippen LogP contribution in [-0.4, -0.2) is 37.0 Å². The Morgan fingerprint density at radius 2 is 1.60 bits per heavy atom. The van der Waals surface area contributed by atoms with Crippen molar-refractivity contribution in [3.8, 4) is 0 Å². The van der Waals surface area contributed by atoms with E-state index in [0.29, 0.717) is 5.56 Å². The number of carbonyl (C=O) groups excluding carboxylic acids is 2. The van der Waals surface area contributed by atoms with Gasteiger partial charge in [-0.2, -0.15) is 0 Å². The summed E-state index contributed by atoms with van der Waals surface area (Å²) in [6.07, 6.45) is 0. The Morgan fingerprint density at radius 1 is 0.960 bits per heavy atom. The fraction of sp³-hybridized carbons (Fsp3) is 0.263. The first kappa shape index (κ1) is 18.4. The van der Waals surface area contributed by atoms with Gasteiger partial charge in [-0.25, -0.2) is 9.18 Å². The Hall–Kier alpha value is -2.89. The van der Waals surface area contributed by atoms with Crippen molar-refractivity contribution in [2.75, 3.05) is 14.1 Å². The number of halogens is 1. The molecule has 0 bridgehead atoms. The summed E-state index contributed by atoms with van der Waals surface area (Å²) in [5, 5.41) is 5.42. The predicted molar refractivity (Wildman–Crippen MR) is 94.5 cm³/mol. The number of nitrogens with one attached hydrogen (secondary N) is 2. The Labute approximate surface area is 146 Å². The zero-order chi connectivity index (χ0) is 18.4. The van der Waals surface area contributed by atoms with E-state index in [2.05, 4.69) is 10.6 Å². The molecule has 0 saturated carbocycles. The Balaban J connectivity index is 2.20. The van der Waals surface area contributed by atoms with E-state index in [0.717, 1.165) is 5.56 Å². The number of hydrogen-bond acceptors (Lipinski definition) is 2. The highest BCUT2D eigenvalue weighted by molar-refractivity contribution is 5.86. The van der Waals surface area contributed by atoms with Crippen molar-refractivity contribution in [1.82, 2.24) is 15.5 Å². The molecule has 2 rings (SSSR count). The second-order valence-electron chi connectivity index (χ2n) is 5.97. The third-order valence-corrected chi connectivity index (χ3v) is 3.75. The maximum Gasteiger partial charge on any atom is 0.316 e. The fourth-order valence-corrected chi connectivity index (χ4v) is 2.51. The van der Waals surface area contributed by atoms with Crippen LogP contribution in [0, 0.1) is 5.82 Å². The first-order valence-electron chi connectivity index (χ1n) is 7.97. The summed E-state index contributed by atoms with van der Waals surface area (Å²) < 4.78 is 13.6. The Bertz CT molecular complexity index is 734. The van der Waals surface area contributed by atoms with E-state index in [9.17, 15) is 14.0 Å². The van der Waals surface area contributed by atoms with Gasteiger partial charge in [0, 0.05) is 14.1 Å². The maximum atomic E-state index is 13.6. The second kappa shape index (κ2) is 8.28. The van der Waals surface area contributed by atoms with Crippen LogP contribution in [0.3, 0.4) is 0 Å². The average Bonchev–Trinajstić information content (AvgIpc) is 2.59. The minimum atomic E-state index is -0.668. The first-order chi connectivity index (χ1) is 11.9. The number of benzene rings is 2. The largest absolute Gasteiger partial charge is 0.347 e. The van der Waals surface area contributed by atoms with E-state index in [1.807, 2.05) is 30.3 Å². The summed E-state index contributed by atoms with van der Waals surface area (Å²) in [7, 11) is 3.25. The lowest BCUT2D eigenvalue weighted by Crippen LogP contribution is -2.48. The summed E-state index contributed by atoms with van der Waals surface area (Å²) in [4.78, 5) is 25.6. The van der Waals surface area contributed by atoms with Crippen LogP contribution < -0.4 is 10.6 Å². The molecule has 0 heterocycles. The molecule has 0 aliphatic rings. The molecule has 0 unspecified atom stereocenters. The SMILES string of the molecule is C[C@H](NC(=O)N[C@@H](c1ccccc1)c1cccc(F)c1)C(=O)N(C)C. The van der Waals surface area contributed by atoms with Gasteiger partial charge < -0.3 is 15.5 Å². The standard InChI is InChI=1S/C19H22FN3O2/c1-13(18(24)23(2)3)21-19(25)22-17(14-8-5-4-6-9-14)15-10-7-11-16(20)12-15/h4-13,17H,1-3H3,(H2,21,22,25)/t13-,17-/m0/s1. The molecule has 0 aromatic heterocycles. The number of hydrogen-bond donors (Lipinski definition) is 2. The van der Waals surface area contributed by atoms with Gasteiger partial charge in [-0.3, -0.25) is 4.79 Å². The van der Waals surface area contributed by atoms with Gasteiger partial charge in [0.2, 0.25) is 5.91 Å².